The molecule has 2 aromatic rings. The fourth-order valence-electron chi connectivity index (χ4n) is 2.66. The summed E-state index contributed by atoms with van der Waals surface area (Å²) in [6.07, 6.45) is 7.22. The number of nitro benzene ring substituents is 1. The van der Waals surface area contributed by atoms with Gasteiger partial charge < -0.3 is 9.47 Å². The van der Waals surface area contributed by atoms with E-state index in [4.69, 9.17) is 9.47 Å². The predicted molar refractivity (Wildman–Crippen MR) is 102 cm³/mol. The van der Waals surface area contributed by atoms with Crippen molar-refractivity contribution >= 4 is 17.2 Å². The minimum absolute atomic E-state index is 0.0539. The number of carbonyl (C=O) groups is 1. The number of benzene rings is 2. The van der Waals surface area contributed by atoms with E-state index >= 15 is 0 Å². The van der Waals surface area contributed by atoms with Crippen LogP contribution in [0.1, 0.15) is 18.4 Å². The number of nitro groups is 1. The topological polar surface area (TPSA) is 78.7 Å². The molecule has 3 rings (SSSR count). The Balaban J connectivity index is 1.65. The molecule has 0 aliphatic heterocycles. The van der Waals surface area contributed by atoms with E-state index in [-0.39, 0.29) is 11.4 Å². The predicted octanol–water partition coefficient (Wildman–Crippen LogP) is 4.56. The van der Waals surface area contributed by atoms with Crippen molar-refractivity contribution in [1.29, 1.82) is 0 Å². The van der Waals surface area contributed by atoms with E-state index < -0.39 is 10.9 Å². The number of allylic oxidation sites excluding steroid dienone is 3. The lowest BCUT2D eigenvalue weighted by Gasteiger charge is -2.07. The van der Waals surface area contributed by atoms with Crippen LogP contribution < -0.4 is 9.47 Å². The van der Waals surface area contributed by atoms with Gasteiger partial charge in [-0.1, -0.05) is 24.3 Å². The van der Waals surface area contributed by atoms with E-state index in [0.29, 0.717) is 5.92 Å². The molecule has 6 heteroatoms. The molecular formula is C21H19NO5. The van der Waals surface area contributed by atoms with E-state index in [1.165, 1.54) is 35.9 Å². The van der Waals surface area contributed by atoms with Crippen molar-refractivity contribution in [2.75, 3.05) is 7.11 Å². The summed E-state index contributed by atoms with van der Waals surface area (Å²) in [4.78, 5) is 22.1. The average molecular weight is 365 g/mol. The van der Waals surface area contributed by atoms with Gasteiger partial charge in [0.25, 0.3) is 5.69 Å². The van der Waals surface area contributed by atoms with Gasteiger partial charge in [-0.25, -0.2) is 4.79 Å². The molecule has 1 aliphatic rings. The monoisotopic (exact) mass is 365 g/mol. The van der Waals surface area contributed by atoms with Crippen molar-refractivity contribution in [3.63, 3.8) is 0 Å². The van der Waals surface area contributed by atoms with Gasteiger partial charge in [-0.3, -0.25) is 10.1 Å². The fourth-order valence-corrected chi connectivity index (χ4v) is 2.66. The number of methoxy groups -OCH3 is 1. The Hall–Kier alpha value is -3.41. The second kappa shape index (κ2) is 8.31. The fraction of sp³-hybridized carbons (Fsp3) is 0.190. The number of nitrogens with zero attached hydrogens (tertiary/aromatic N) is 1. The largest absolute Gasteiger partial charge is 0.497 e. The maximum absolute atomic E-state index is 11.9. The summed E-state index contributed by atoms with van der Waals surface area (Å²) in [6.45, 7) is 0. The van der Waals surface area contributed by atoms with Crippen molar-refractivity contribution < 1.29 is 19.2 Å². The number of esters is 1. The van der Waals surface area contributed by atoms with Crippen molar-refractivity contribution in [1.82, 2.24) is 0 Å². The molecule has 0 aromatic heterocycles. The molecule has 0 bridgehead atoms. The highest BCUT2D eigenvalue weighted by molar-refractivity contribution is 5.85. The van der Waals surface area contributed by atoms with Crippen LogP contribution in [-0.4, -0.2) is 18.0 Å². The van der Waals surface area contributed by atoms with Crippen LogP contribution in [0.4, 0.5) is 5.69 Å². The molecule has 1 saturated carbocycles. The molecule has 0 unspecified atom stereocenters. The summed E-state index contributed by atoms with van der Waals surface area (Å²) in [7, 11) is 1.63. The Morgan fingerprint density at radius 3 is 2.26 bits per heavy atom. The molecule has 2 aromatic carbocycles. The maximum Gasteiger partial charge on any atom is 0.336 e. The summed E-state index contributed by atoms with van der Waals surface area (Å²) in [5, 5.41) is 10.6. The molecule has 0 amide bonds. The molecule has 6 nitrogen and oxygen atoms in total. The zero-order valence-corrected chi connectivity index (χ0v) is 14.8. The van der Waals surface area contributed by atoms with Gasteiger partial charge in [0.2, 0.25) is 0 Å². The van der Waals surface area contributed by atoms with Crippen molar-refractivity contribution in [3.8, 4) is 11.5 Å². The number of hydrogen-bond donors (Lipinski definition) is 0. The first-order valence-electron chi connectivity index (χ1n) is 8.56. The highest BCUT2D eigenvalue weighted by Crippen LogP contribution is 2.42. The maximum atomic E-state index is 11.9. The van der Waals surface area contributed by atoms with Gasteiger partial charge in [-0.2, -0.15) is 0 Å². The molecule has 0 atom stereocenters. The van der Waals surface area contributed by atoms with Crippen molar-refractivity contribution in [2.45, 2.75) is 12.8 Å². The summed E-state index contributed by atoms with van der Waals surface area (Å²) in [5.41, 5.74) is 2.23. The first-order valence-corrected chi connectivity index (χ1v) is 8.56. The van der Waals surface area contributed by atoms with Crippen LogP contribution in [0.2, 0.25) is 0 Å². The van der Waals surface area contributed by atoms with Gasteiger partial charge >= 0.3 is 5.97 Å². The number of carbonyl (C=O) groups excluding carboxylic acids is 1. The molecule has 0 N–H and O–H groups in total. The number of non-ortho nitro benzene ring substituents is 1. The van der Waals surface area contributed by atoms with E-state index in [1.807, 2.05) is 30.3 Å². The van der Waals surface area contributed by atoms with Crippen LogP contribution in [0.3, 0.4) is 0 Å². The Kier molecular flexibility index (Phi) is 5.66. The van der Waals surface area contributed by atoms with Crippen LogP contribution in [0.25, 0.3) is 5.57 Å². The number of hydrogen-bond acceptors (Lipinski definition) is 5. The molecule has 138 valence electrons. The van der Waals surface area contributed by atoms with Gasteiger partial charge in [0.15, 0.2) is 0 Å². The lowest BCUT2D eigenvalue weighted by atomic mass is 10.0. The average Bonchev–Trinajstić information content (AvgIpc) is 3.51. The Bertz CT molecular complexity index is 878. The first-order chi connectivity index (χ1) is 13.1. The molecule has 1 fully saturated rings. The van der Waals surface area contributed by atoms with Gasteiger partial charge in [-0.15, -0.1) is 0 Å². The van der Waals surface area contributed by atoms with Crippen LogP contribution in [0, 0.1) is 16.0 Å². The van der Waals surface area contributed by atoms with E-state index in [9.17, 15) is 14.9 Å². The summed E-state index contributed by atoms with van der Waals surface area (Å²) in [6, 6.07) is 13.2. The molecule has 0 saturated heterocycles. The zero-order chi connectivity index (χ0) is 19.2. The summed E-state index contributed by atoms with van der Waals surface area (Å²) in [5.74, 6) is 1.03. The zero-order valence-electron chi connectivity index (χ0n) is 14.8. The molecular weight excluding hydrogens is 346 g/mol. The van der Waals surface area contributed by atoms with Crippen molar-refractivity contribution in [3.05, 3.63) is 82.4 Å². The van der Waals surface area contributed by atoms with Gasteiger partial charge in [0, 0.05) is 18.2 Å². The highest BCUT2D eigenvalue weighted by atomic mass is 16.6. The number of rotatable bonds is 7. The van der Waals surface area contributed by atoms with Gasteiger partial charge in [-0.05, 0) is 54.2 Å². The lowest BCUT2D eigenvalue weighted by Crippen LogP contribution is -2.03. The standard InChI is InChI=1S/C21H19NO5/c1-26-18-11-7-16(8-12-18)20(15-5-6-15)3-2-4-21(23)27-19-13-9-17(10-14-19)22(24)25/h2-4,7-15H,5-6H2,1H3. The van der Waals surface area contributed by atoms with Crippen LogP contribution in [0.15, 0.2) is 66.8 Å². The smallest absolute Gasteiger partial charge is 0.336 e. The normalized spacial score (nSPS) is 14.2. The Morgan fingerprint density at radius 1 is 1.07 bits per heavy atom. The molecule has 0 heterocycles. The molecule has 1 aliphatic carbocycles. The third-order valence-corrected chi connectivity index (χ3v) is 4.21. The SMILES string of the molecule is COc1ccc(C(=CC=CC(=O)Oc2ccc([N+](=O)[O-])cc2)C2CC2)cc1. The first kappa shape index (κ1) is 18.4. The minimum Gasteiger partial charge on any atom is -0.497 e. The molecule has 27 heavy (non-hydrogen) atoms. The second-order valence-corrected chi connectivity index (χ2v) is 6.16. The lowest BCUT2D eigenvalue weighted by molar-refractivity contribution is -0.384. The minimum atomic E-state index is -0.537. The van der Waals surface area contributed by atoms with Gasteiger partial charge in [0.1, 0.15) is 11.5 Å². The van der Waals surface area contributed by atoms with Crippen LogP contribution in [0.5, 0.6) is 11.5 Å². The molecule has 0 spiro atoms. The van der Waals surface area contributed by atoms with E-state index in [1.54, 1.807) is 13.2 Å². The summed E-state index contributed by atoms with van der Waals surface area (Å²) < 4.78 is 10.3. The van der Waals surface area contributed by atoms with Gasteiger partial charge in [0.05, 0.1) is 12.0 Å². The quantitative estimate of drug-likeness (QED) is 0.179. The van der Waals surface area contributed by atoms with Crippen LogP contribution >= 0.6 is 0 Å². The van der Waals surface area contributed by atoms with Crippen molar-refractivity contribution in [2.24, 2.45) is 5.92 Å². The molecule has 0 radical (unpaired) electrons. The number of ether oxygens (including phenoxy) is 2. The second-order valence-electron chi connectivity index (χ2n) is 6.16. The van der Waals surface area contributed by atoms with E-state index in [2.05, 4.69) is 0 Å². The summed E-state index contributed by atoms with van der Waals surface area (Å²) >= 11 is 0. The third-order valence-electron chi connectivity index (χ3n) is 4.21. The highest BCUT2D eigenvalue weighted by Gasteiger charge is 2.26. The van der Waals surface area contributed by atoms with Crippen LogP contribution in [-0.2, 0) is 4.79 Å². The Labute approximate surface area is 156 Å². The third kappa shape index (κ3) is 5.04. The Morgan fingerprint density at radius 2 is 1.70 bits per heavy atom. The van der Waals surface area contributed by atoms with E-state index in [0.717, 1.165) is 24.2 Å².